The summed E-state index contributed by atoms with van der Waals surface area (Å²) < 4.78 is 0. The Balaban J connectivity index is -0.0000000750. The van der Waals surface area contributed by atoms with Gasteiger partial charge in [-0.05, 0) is 16.7 Å². The third-order valence-electron chi connectivity index (χ3n) is 0.560. The van der Waals surface area contributed by atoms with E-state index in [0.717, 1.165) is 17.3 Å². The molecule has 0 nitrogen and oxygen atoms in total. The van der Waals surface area contributed by atoms with Gasteiger partial charge in [0.15, 0.2) is 0 Å². The van der Waals surface area contributed by atoms with Crippen LogP contribution in [0, 0.1) is 0 Å². The molecule has 0 rings (SSSR count). The Morgan fingerprint density at radius 1 is 0.944 bits per heavy atom. The van der Waals surface area contributed by atoms with Gasteiger partial charge in [-0.2, -0.15) is 12.6 Å². The topological polar surface area (TPSA) is 0 Å². The number of allylic oxidation sites excluding steroid dienone is 1. The van der Waals surface area contributed by atoms with Crippen LogP contribution in [-0.4, -0.2) is 17.3 Å². The Morgan fingerprint density at radius 3 is 1.39 bits per heavy atom. The van der Waals surface area contributed by atoms with E-state index in [4.69, 9.17) is 0 Å². The fourth-order valence-corrected chi connectivity index (χ4v) is 1.73. The van der Waals surface area contributed by atoms with Gasteiger partial charge in [-0.1, -0.05) is 57.6 Å². The van der Waals surface area contributed by atoms with E-state index >= 15 is 0 Å². The van der Waals surface area contributed by atoms with Crippen LogP contribution in [0.25, 0.3) is 0 Å². The van der Waals surface area contributed by atoms with Crippen molar-refractivity contribution in [3.63, 3.8) is 0 Å². The molecule has 0 fully saturated rings. The maximum Gasteiger partial charge on any atom is 0.0223 e. The van der Waals surface area contributed by atoms with Crippen LogP contribution in [0.15, 0.2) is 50.6 Å². The van der Waals surface area contributed by atoms with Crippen molar-refractivity contribution in [3.05, 3.63) is 50.6 Å². The monoisotopic (exact) mass is 360 g/mol. The lowest BCUT2D eigenvalue weighted by atomic mass is 10.8. The van der Waals surface area contributed by atoms with E-state index in [0.29, 0.717) is 0 Å². The molecule has 0 aliphatic heterocycles. The highest BCUT2D eigenvalue weighted by molar-refractivity contribution is 9.05. The summed E-state index contributed by atoms with van der Waals surface area (Å²) in [4.78, 5) is 0. The van der Waals surface area contributed by atoms with Crippen LogP contribution in [0.3, 0.4) is 0 Å². The predicted molar refractivity (Wildman–Crippen MR) is 111 cm³/mol. The van der Waals surface area contributed by atoms with Crippen LogP contribution in [0.4, 0.5) is 0 Å². The molecular weight excluding hydrogens is 337 g/mol. The average Bonchev–Trinajstić information content (AvgIpc) is 2.39. The van der Waals surface area contributed by atoms with Gasteiger partial charge < -0.3 is 0 Å². The zero-order valence-electron chi connectivity index (χ0n) is 10.8. The fraction of sp³-hybridized carbons (Fsp3) is 0.333. The molecule has 0 unspecified atom stereocenters. The molecule has 6 heteroatoms. The quantitative estimate of drug-likeness (QED) is 0.216. The van der Waals surface area contributed by atoms with Crippen molar-refractivity contribution in [1.82, 2.24) is 0 Å². The van der Waals surface area contributed by atoms with Crippen LogP contribution < -0.4 is 0 Å². The third kappa shape index (κ3) is 88.3. The normalized spacial score (nSPS) is 6.89. The highest BCUT2D eigenvalue weighted by atomic mass is 33.5. The first-order valence-electron chi connectivity index (χ1n) is 4.86. The lowest BCUT2D eigenvalue weighted by molar-refractivity contribution is 1.80. The molecule has 0 aromatic heterocycles. The molecule has 18 heavy (non-hydrogen) atoms. The first-order chi connectivity index (χ1) is 8.66. The molecule has 0 heterocycles. The second-order valence-corrected chi connectivity index (χ2v) is 7.06. The predicted octanol–water partition coefficient (Wildman–Crippen LogP) is 6.44. The molecular formula is C12H24S6. The highest BCUT2D eigenvalue weighted by Crippen LogP contribution is 2.23. The molecule has 0 aliphatic rings. The van der Waals surface area contributed by atoms with Crippen molar-refractivity contribution in [2.24, 2.45) is 0 Å². The summed E-state index contributed by atoms with van der Waals surface area (Å²) in [5.74, 6) is 2.69. The van der Waals surface area contributed by atoms with Crippen molar-refractivity contribution in [3.8, 4) is 0 Å². The van der Waals surface area contributed by atoms with E-state index in [9.17, 15) is 0 Å². The molecule has 0 N–H and O–H groups in total. The van der Waals surface area contributed by atoms with Gasteiger partial charge >= 0.3 is 0 Å². The number of hydrogen-bond acceptors (Lipinski definition) is 6. The zero-order valence-corrected chi connectivity index (χ0v) is 16.0. The van der Waals surface area contributed by atoms with Crippen molar-refractivity contribution < 1.29 is 0 Å². The SMILES string of the molecule is C=CC.C=CCS.C=CCSS.C=CCSSS. The largest absolute Gasteiger partial charge is 0.175 e. The second-order valence-electron chi connectivity index (χ2n) is 2.11. The lowest BCUT2D eigenvalue weighted by Crippen LogP contribution is -1.54. The molecule has 0 amide bonds. The van der Waals surface area contributed by atoms with Gasteiger partial charge in [-0.25, -0.2) is 0 Å². The minimum atomic E-state index is 0.778. The summed E-state index contributed by atoms with van der Waals surface area (Å²) in [5.41, 5.74) is 0. The van der Waals surface area contributed by atoms with Gasteiger partial charge in [-0.3, -0.25) is 0 Å². The smallest absolute Gasteiger partial charge is 0.0223 e. The maximum absolute atomic E-state index is 3.89. The average molecular weight is 361 g/mol. The molecule has 0 atom stereocenters. The van der Waals surface area contributed by atoms with E-state index in [2.05, 4.69) is 62.3 Å². The van der Waals surface area contributed by atoms with Gasteiger partial charge in [-0.15, -0.1) is 38.0 Å². The van der Waals surface area contributed by atoms with Crippen molar-refractivity contribution in [2.45, 2.75) is 6.92 Å². The minimum absolute atomic E-state index is 0.778. The van der Waals surface area contributed by atoms with Crippen molar-refractivity contribution in [2.75, 3.05) is 17.3 Å². The Bertz CT molecular complexity index is 159. The number of rotatable bonds is 6. The molecule has 0 saturated heterocycles. The molecule has 0 aliphatic carbocycles. The zero-order chi connectivity index (χ0) is 15.1. The standard InChI is InChI=1S/C3H6S3.C3H6S2.C3H6S.C3H6/c1-2-3-5-6-4;1-2-3-5-4;1-2-3-4;1-3-2/h2,4H,1,3H2;2,4H,1,3H2;2,4H,1,3H2;3H,1H2,2H3. The summed E-state index contributed by atoms with van der Waals surface area (Å²) in [6.45, 7) is 15.7. The number of thiol groups is 3. The molecule has 0 bridgehead atoms. The second kappa shape index (κ2) is 43.0. The highest BCUT2D eigenvalue weighted by Gasteiger charge is 1.72. The number of hydrogen-bond donors (Lipinski definition) is 3. The lowest BCUT2D eigenvalue weighted by Gasteiger charge is -1.80. The van der Waals surface area contributed by atoms with Crippen LogP contribution in [0.2, 0.25) is 0 Å². The maximum atomic E-state index is 3.89. The molecule has 0 saturated carbocycles. The van der Waals surface area contributed by atoms with Crippen LogP contribution >= 0.6 is 67.4 Å². The molecule has 0 aromatic carbocycles. The van der Waals surface area contributed by atoms with E-state index < -0.39 is 0 Å². The third-order valence-corrected chi connectivity index (χ3v) is 3.80. The van der Waals surface area contributed by atoms with Gasteiger partial charge in [0, 0.05) is 17.3 Å². The molecule has 0 radical (unpaired) electrons. The Morgan fingerprint density at radius 2 is 1.33 bits per heavy atom. The Kier molecular flexibility index (Phi) is 65.4. The van der Waals surface area contributed by atoms with E-state index in [1.54, 1.807) is 22.9 Å². The van der Waals surface area contributed by atoms with Gasteiger partial charge in [0.1, 0.15) is 0 Å². The van der Waals surface area contributed by atoms with Gasteiger partial charge in [0.2, 0.25) is 0 Å². The molecule has 108 valence electrons. The van der Waals surface area contributed by atoms with E-state index in [1.165, 1.54) is 20.6 Å². The van der Waals surface area contributed by atoms with E-state index in [-0.39, 0.29) is 0 Å². The van der Waals surface area contributed by atoms with Crippen LogP contribution in [0.5, 0.6) is 0 Å². The van der Waals surface area contributed by atoms with Crippen molar-refractivity contribution >= 4 is 67.4 Å². The summed E-state index contributed by atoms with van der Waals surface area (Å²) in [5, 5.41) is 0. The molecule has 0 aromatic rings. The first kappa shape index (κ1) is 27.4. The fourth-order valence-electron chi connectivity index (χ4n) is 0.131. The van der Waals surface area contributed by atoms with Gasteiger partial charge in [0.25, 0.3) is 0 Å². The summed E-state index contributed by atoms with van der Waals surface area (Å²) in [6.07, 6.45) is 7.16. The Labute approximate surface area is 141 Å². The van der Waals surface area contributed by atoms with Crippen molar-refractivity contribution in [1.29, 1.82) is 0 Å². The summed E-state index contributed by atoms with van der Waals surface area (Å²) in [6, 6.07) is 0. The molecule has 0 spiro atoms. The van der Waals surface area contributed by atoms with Crippen LogP contribution in [0.1, 0.15) is 6.92 Å². The first-order valence-corrected chi connectivity index (χ1v) is 10.9. The Hall–Kier alpha value is 1.06. The van der Waals surface area contributed by atoms with Crippen LogP contribution in [-0.2, 0) is 0 Å². The van der Waals surface area contributed by atoms with E-state index in [1.807, 2.05) is 19.1 Å². The van der Waals surface area contributed by atoms with Gasteiger partial charge in [0.05, 0.1) is 0 Å². The summed E-state index contributed by atoms with van der Waals surface area (Å²) in [7, 11) is 4.61. The minimum Gasteiger partial charge on any atom is -0.175 e. The summed E-state index contributed by atoms with van der Waals surface area (Å²) >= 11 is 11.5.